The predicted octanol–water partition coefficient (Wildman–Crippen LogP) is 13.9. The van der Waals surface area contributed by atoms with Gasteiger partial charge in [0, 0.05) is 49.8 Å². The number of hydrogen-bond acceptors (Lipinski definition) is 3. The number of hydrogen-bond donors (Lipinski definition) is 0. The van der Waals surface area contributed by atoms with E-state index >= 15 is 0 Å². The average molecular weight is 745 g/mol. The van der Waals surface area contributed by atoms with Gasteiger partial charge in [0.25, 0.3) is 0 Å². The van der Waals surface area contributed by atoms with E-state index in [0.717, 1.165) is 78.2 Å². The highest BCUT2D eigenvalue weighted by Crippen LogP contribution is 2.43. The Bertz CT molecular complexity index is 3420. The molecule has 0 atom stereocenters. The predicted molar refractivity (Wildman–Crippen MR) is 241 cm³/mol. The van der Waals surface area contributed by atoms with Crippen molar-refractivity contribution >= 4 is 60.7 Å². The minimum Gasteiger partial charge on any atom is -0.456 e. The zero-order valence-electron chi connectivity index (χ0n) is 31.8. The Morgan fingerprint density at radius 2 is 1.22 bits per heavy atom. The minimum atomic E-state index is 0.585. The molecule has 0 spiro atoms. The first-order valence-electron chi connectivity index (χ1n) is 19.5. The first-order chi connectivity index (χ1) is 28.7. The van der Waals surface area contributed by atoms with Gasteiger partial charge in [-0.3, -0.25) is 4.57 Å². The fraction of sp³-hybridized carbons (Fsp3) is 0.0189. The summed E-state index contributed by atoms with van der Waals surface area (Å²) < 4.78 is 11.3. The van der Waals surface area contributed by atoms with Crippen LogP contribution in [0.15, 0.2) is 193 Å². The van der Waals surface area contributed by atoms with Gasteiger partial charge in [-0.1, -0.05) is 140 Å². The van der Waals surface area contributed by atoms with E-state index in [1.807, 2.05) is 18.2 Å². The summed E-state index contributed by atoms with van der Waals surface area (Å²) in [6.07, 6.45) is 5.61. The number of para-hydroxylation sites is 4. The van der Waals surface area contributed by atoms with Crippen molar-refractivity contribution < 1.29 is 4.42 Å². The molecule has 4 aromatic heterocycles. The van der Waals surface area contributed by atoms with E-state index in [-0.39, 0.29) is 0 Å². The Kier molecular flexibility index (Phi) is 7.79. The number of allylic oxidation sites excluding steroid dienone is 2. The third-order valence-electron chi connectivity index (χ3n) is 11.3. The van der Waals surface area contributed by atoms with Crippen LogP contribution in [0.5, 0.6) is 0 Å². The molecule has 0 radical (unpaired) electrons. The number of rotatable bonds is 7. The van der Waals surface area contributed by atoms with Crippen LogP contribution in [-0.2, 0) is 0 Å². The van der Waals surface area contributed by atoms with E-state index in [0.29, 0.717) is 5.82 Å². The van der Waals surface area contributed by atoms with Crippen LogP contribution in [0.25, 0.3) is 106 Å². The molecule has 0 fully saturated rings. The molecular weight excluding hydrogens is 709 g/mol. The van der Waals surface area contributed by atoms with Gasteiger partial charge in [0.15, 0.2) is 5.82 Å². The lowest BCUT2D eigenvalue weighted by atomic mass is 10.0. The summed E-state index contributed by atoms with van der Waals surface area (Å²) in [6.45, 7) is 5.95. The van der Waals surface area contributed by atoms with Crippen molar-refractivity contribution in [3.05, 3.63) is 200 Å². The number of furan rings is 1. The van der Waals surface area contributed by atoms with Gasteiger partial charge in [0.05, 0.1) is 33.3 Å². The van der Waals surface area contributed by atoms with Gasteiger partial charge in [-0.05, 0) is 66.6 Å². The standard InChI is InChI=1S/C53H36N4O/c1-3-4-29-48-34(2)39-25-16-26-43(52(39)58-48)53-54-44(37-20-15-19-36(32-37)35-17-7-5-8-18-35)33-49(55-53)57-46-28-14-12-24-42(46)50-47(57)31-30-41-40-23-11-13-27-45(40)56(51(41)50)38-21-9-6-10-22-38/h3-33H,1H2,2H3/b29-4-. The highest BCUT2D eigenvalue weighted by Gasteiger charge is 2.23. The fourth-order valence-electron chi connectivity index (χ4n) is 8.66. The Labute approximate surface area is 335 Å². The SMILES string of the molecule is C=C/C=C\c1oc2c(-c3nc(-c4cccc(-c5ccccc5)c4)cc(-n4c5ccccc5c5c4ccc4c6ccccc6n(-c6ccccc6)c45)n3)cccc2c1C. The van der Waals surface area contributed by atoms with Crippen molar-refractivity contribution in [2.45, 2.75) is 6.92 Å². The van der Waals surface area contributed by atoms with Gasteiger partial charge >= 0.3 is 0 Å². The van der Waals surface area contributed by atoms with Crippen LogP contribution >= 0.6 is 0 Å². The summed E-state index contributed by atoms with van der Waals surface area (Å²) in [4.78, 5) is 10.8. The lowest BCUT2D eigenvalue weighted by molar-refractivity contribution is 0.602. The van der Waals surface area contributed by atoms with Crippen molar-refractivity contribution in [1.29, 1.82) is 0 Å². The number of aromatic nitrogens is 4. The van der Waals surface area contributed by atoms with Gasteiger partial charge in [0.1, 0.15) is 17.2 Å². The van der Waals surface area contributed by atoms with E-state index in [2.05, 4.69) is 186 Å². The molecule has 7 aromatic carbocycles. The quantitative estimate of drug-likeness (QED) is 0.153. The van der Waals surface area contributed by atoms with E-state index in [1.54, 1.807) is 6.08 Å². The van der Waals surface area contributed by atoms with Crippen molar-refractivity contribution in [2.75, 3.05) is 0 Å². The van der Waals surface area contributed by atoms with E-state index in [4.69, 9.17) is 14.4 Å². The van der Waals surface area contributed by atoms with Gasteiger partial charge in [-0.25, -0.2) is 9.97 Å². The Hall–Kier alpha value is -7.76. The second kappa shape index (κ2) is 13.5. The van der Waals surface area contributed by atoms with Crippen LogP contribution < -0.4 is 0 Å². The third kappa shape index (κ3) is 5.25. The molecule has 0 bridgehead atoms. The second-order valence-corrected chi connectivity index (χ2v) is 14.6. The number of aryl methyl sites for hydroxylation is 1. The van der Waals surface area contributed by atoms with Gasteiger partial charge in [-0.2, -0.15) is 0 Å². The molecule has 0 amide bonds. The molecule has 4 heterocycles. The molecule has 0 saturated carbocycles. The molecule has 5 nitrogen and oxygen atoms in total. The van der Waals surface area contributed by atoms with E-state index < -0.39 is 0 Å². The maximum absolute atomic E-state index is 6.59. The summed E-state index contributed by atoms with van der Waals surface area (Å²) in [6, 6.07) is 60.0. The topological polar surface area (TPSA) is 48.8 Å². The van der Waals surface area contributed by atoms with E-state index in [1.165, 1.54) is 27.2 Å². The molecule has 0 aliphatic heterocycles. The summed E-state index contributed by atoms with van der Waals surface area (Å²) in [5.74, 6) is 2.14. The maximum atomic E-state index is 6.59. The normalized spacial score (nSPS) is 11.9. The fourth-order valence-corrected chi connectivity index (χ4v) is 8.66. The minimum absolute atomic E-state index is 0.585. The average Bonchev–Trinajstić information content (AvgIpc) is 3.93. The maximum Gasteiger partial charge on any atom is 0.165 e. The highest BCUT2D eigenvalue weighted by atomic mass is 16.3. The molecule has 0 saturated heterocycles. The lowest BCUT2D eigenvalue weighted by Crippen LogP contribution is -2.03. The number of benzene rings is 7. The van der Waals surface area contributed by atoms with Crippen LogP contribution in [0.4, 0.5) is 0 Å². The lowest BCUT2D eigenvalue weighted by Gasteiger charge is -2.13. The first kappa shape index (κ1) is 33.6. The van der Waals surface area contributed by atoms with Crippen molar-refractivity contribution in [3.8, 4) is 45.3 Å². The third-order valence-corrected chi connectivity index (χ3v) is 11.3. The number of fused-ring (bicyclic) bond motifs is 8. The monoisotopic (exact) mass is 744 g/mol. The Morgan fingerprint density at radius 3 is 2.03 bits per heavy atom. The molecule has 0 N–H and O–H groups in total. The second-order valence-electron chi connectivity index (χ2n) is 14.6. The molecule has 0 aliphatic rings. The summed E-state index contributed by atoms with van der Waals surface area (Å²) >= 11 is 0. The summed E-state index contributed by atoms with van der Waals surface area (Å²) in [5, 5.41) is 5.77. The Morgan fingerprint density at radius 1 is 0.552 bits per heavy atom. The zero-order chi connectivity index (χ0) is 38.7. The van der Waals surface area contributed by atoms with Crippen LogP contribution in [-0.4, -0.2) is 19.1 Å². The van der Waals surface area contributed by atoms with E-state index in [9.17, 15) is 0 Å². The van der Waals surface area contributed by atoms with Gasteiger partial charge in [0.2, 0.25) is 0 Å². The molecule has 0 unspecified atom stereocenters. The van der Waals surface area contributed by atoms with Gasteiger partial charge in [-0.15, -0.1) is 0 Å². The molecule has 0 aliphatic carbocycles. The smallest absolute Gasteiger partial charge is 0.165 e. The van der Waals surface area contributed by atoms with Gasteiger partial charge < -0.3 is 8.98 Å². The molecule has 11 rings (SSSR count). The Balaban J connectivity index is 1.23. The van der Waals surface area contributed by atoms with Crippen molar-refractivity contribution in [2.24, 2.45) is 0 Å². The number of nitrogens with zero attached hydrogens (tertiary/aromatic N) is 4. The first-order valence-corrected chi connectivity index (χ1v) is 19.5. The summed E-state index contributed by atoms with van der Waals surface area (Å²) in [7, 11) is 0. The molecular formula is C53H36N4O. The van der Waals surface area contributed by atoms with Crippen molar-refractivity contribution in [1.82, 2.24) is 19.1 Å². The van der Waals surface area contributed by atoms with Crippen molar-refractivity contribution in [3.63, 3.8) is 0 Å². The van der Waals surface area contributed by atoms with Crippen LogP contribution in [0.3, 0.4) is 0 Å². The highest BCUT2D eigenvalue weighted by molar-refractivity contribution is 6.26. The largest absolute Gasteiger partial charge is 0.456 e. The molecule has 5 heteroatoms. The summed E-state index contributed by atoms with van der Waals surface area (Å²) in [5.41, 5.74) is 12.3. The molecule has 274 valence electrons. The van der Waals surface area contributed by atoms with Crippen LogP contribution in [0.1, 0.15) is 11.3 Å². The van der Waals surface area contributed by atoms with Crippen LogP contribution in [0.2, 0.25) is 0 Å². The van der Waals surface area contributed by atoms with Crippen LogP contribution in [0, 0.1) is 6.92 Å². The zero-order valence-corrected chi connectivity index (χ0v) is 31.8. The molecule has 58 heavy (non-hydrogen) atoms. The molecule has 11 aromatic rings.